The molecule has 2 heterocycles. The van der Waals surface area contributed by atoms with Crippen LogP contribution in [0.3, 0.4) is 0 Å². The van der Waals surface area contributed by atoms with Crippen LogP contribution in [-0.2, 0) is 6.54 Å². The SMILES string of the molecule is C=C(C)Cn1nc2ncc(Br)c(C)c2n1. The smallest absolute Gasteiger partial charge is 0.202 e. The van der Waals surface area contributed by atoms with Crippen molar-refractivity contribution in [3.8, 4) is 0 Å². The Morgan fingerprint density at radius 3 is 2.93 bits per heavy atom. The fraction of sp³-hybridized carbons (Fsp3) is 0.300. The third-order valence-corrected chi connectivity index (χ3v) is 2.86. The Morgan fingerprint density at radius 2 is 2.27 bits per heavy atom. The number of pyridine rings is 1. The molecule has 2 aromatic heterocycles. The van der Waals surface area contributed by atoms with Crippen molar-refractivity contribution in [1.82, 2.24) is 20.0 Å². The molecule has 0 atom stereocenters. The van der Waals surface area contributed by atoms with E-state index in [9.17, 15) is 0 Å². The van der Waals surface area contributed by atoms with Crippen LogP contribution < -0.4 is 0 Å². The number of hydrogen-bond donors (Lipinski definition) is 0. The zero-order valence-electron chi connectivity index (χ0n) is 8.66. The number of fused-ring (bicyclic) bond motifs is 1. The molecule has 2 aromatic rings. The molecule has 5 heteroatoms. The van der Waals surface area contributed by atoms with Gasteiger partial charge in [-0.15, -0.1) is 5.10 Å². The Morgan fingerprint density at radius 1 is 1.53 bits per heavy atom. The third-order valence-electron chi connectivity index (χ3n) is 2.06. The van der Waals surface area contributed by atoms with E-state index in [1.54, 1.807) is 11.0 Å². The third kappa shape index (κ3) is 1.92. The number of aromatic nitrogens is 4. The zero-order valence-corrected chi connectivity index (χ0v) is 10.2. The Bertz CT molecular complexity index is 529. The highest BCUT2D eigenvalue weighted by atomic mass is 79.9. The molecule has 0 bridgehead atoms. The van der Waals surface area contributed by atoms with Gasteiger partial charge in [-0.05, 0) is 35.3 Å². The molecule has 0 spiro atoms. The van der Waals surface area contributed by atoms with E-state index in [1.807, 2.05) is 13.8 Å². The number of aryl methyl sites for hydroxylation is 1. The highest BCUT2D eigenvalue weighted by molar-refractivity contribution is 9.10. The maximum atomic E-state index is 4.37. The molecular weight excluding hydrogens is 256 g/mol. The number of nitrogens with zero attached hydrogens (tertiary/aromatic N) is 4. The van der Waals surface area contributed by atoms with Crippen LogP contribution in [0.1, 0.15) is 12.5 Å². The molecule has 15 heavy (non-hydrogen) atoms. The summed E-state index contributed by atoms with van der Waals surface area (Å²) < 4.78 is 0.956. The monoisotopic (exact) mass is 266 g/mol. The molecule has 2 rings (SSSR count). The number of halogens is 1. The number of hydrogen-bond acceptors (Lipinski definition) is 3. The molecule has 0 aliphatic heterocycles. The van der Waals surface area contributed by atoms with Crippen LogP contribution in [0, 0.1) is 6.92 Å². The predicted octanol–water partition coefficient (Wildman–Crippen LogP) is 2.47. The Kier molecular flexibility index (Phi) is 2.56. The van der Waals surface area contributed by atoms with Gasteiger partial charge in [0.15, 0.2) is 0 Å². The van der Waals surface area contributed by atoms with Crippen molar-refractivity contribution in [3.63, 3.8) is 0 Å². The van der Waals surface area contributed by atoms with Gasteiger partial charge in [0.1, 0.15) is 5.52 Å². The van der Waals surface area contributed by atoms with Gasteiger partial charge in [-0.2, -0.15) is 9.90 Å². The summed E-state index contributed by atoms with van der Waals surface area (Å²) in [5.74, 6) is 0. The van der Waals surface area contributed by atoms with E-state index in [4.69, 9.17) is 0 Å². The molecule has 0 aliphatic carbocycles. The van der Waals surface area contributed by atoms with E-state index in [-0.39, 0.29) is 0 Å². The summed E-state index contributed by atoms with van der Waals surface area (Å²) in [5, 5.41) is 8.63. The van der Waals surface area contributed by atoms with Crippen LogP contribution in [-0.4, -0.2) is 20.0 Å². The molecule has 0 radical (unpaired) electrons. The molecule has 0 saturated carbocycles. The van der Waals surface area contributed by atoms with Gasteiger partial charge in [0.05, 0.1) is 6.54 Å². The van der Waals surface area contributed by atoms with Crippen LogP contribution in [0.4, 0.5) is 0 Å². The molecule has 4 nitrogen and oxygen atoms in total. The van der Waals surface area contributed by atoms with E-state index < -0.39 is 0 Å². The van der Waals surface area contributed by atoms with Crippen molar-refractivity contribution in [2.24, 2.45) is 0 Å². The molecule has 0 fully saturated rings. The highest BCUT2D eigenvalue weighted by Gasteiger charge is 2.08. The maximum absolute atomic E-state index is 4.37. The van der Waals surface area contributed by atoms with Crippen LogP contribution >= 0.6 is 15.9 Å². The van der Waals surface area contributed by atoms with Gasteiger partial charge < -0.3 is 0 Å². The van der Waals surface area contributed by atoms with Crippen LogP contribution in [0.15, 0.2) is 22.8 Å². The van der Waals surface area contributed by atoms with E-state index in [0.29, 0.717) is 12.2 Å². The van der Waals surface area contributed by atoms with Crippen molar-refractivity contribution in [2.75, 3.05) is 0 Å². The second-order valence-electron chi connectivity index (χ2n) is 3.59. The Hall–Kier alpha value is -1.23. The summed E-state index contributed by atoms with van der Waals surface area (Å²) in [6.07, 6.45) is 1.75. The average Bonchev–Trinajstić information content (AvgIpc) is 2.54. The first-order valence-electron chi connectivity index (χ1n) is 4.58. The van der Waals surface area contributed by atoms with Gasteiger partial charge >= 0.3 is 0 Å². The number of rotatable bonds is 2. The number of allylic oxidation sites excluding steroid dienone is 1. The minimum absolute atomic E-state index is 0.632. The fourth-order valence-electron chi connectivity index (χ4n) is 1.31. The van der Waals surface area contributed by atoms with Crippen molar-refractivity contribution in [3.05, 3.63) is 28.4 Å². The Labute approximate surface area is 96.1 Å². The van der Waals surface area contributed by atoms with E-state index in [0.717, 1.165) is 21.1 Å². The second-order valence-corrected chi connectivity index (χ2v) is 4.45. The first-order valence-corrected chi connectivity index (χ1v) is 5.37. The topological polar surface area (TPSA) is 43.6 Å². The molecule has 0 saturated heterocycles. The average molecular weight is 267 g/mol. The minimum atomic E-state index is 0.632. The lowest BCUT2D eigenvalue weighted by Crippen LogP contribution is -2.02. The van der Waals surface area contributed by atoms with Crippen molar-refractivity contribution < 1.29 is 0 Å². The highest BCUT2D eigenvalue weighted by Crippen LogP contribution is 2.20. The van der Waals surface area contributed by atoms with Crippen LogP contribution in [0.5, 0.6) is 0 Å². The van der Waals surface area contributed by atoms with E-state index in [2.05, 4.69) is 37.7 Å². The van der Waals surface area contributed by atoms with Crippen molar-refractivity contribution >= 4 is 27.1 Å². The summed E-state index contributed by atoms with van der Waals surface area (Å²) in [6, 6.07) is 0. The first kappa shape index (κ1) is 10.3. The molecule has 0 aromatic carbocycles. The quantitative estimate of drug-likeness (QED) is 0.785. The fourth-order valence-corrected chi connectivity index (χ4v) is 1.60. The first-order chi connectivity index (χ1) is 7.08. The standard InChI is InChI=1S/C10H11BrN4/c1-6(2)5-15-13-9-7(3)8(11)4-12-10(9)14-15/h4H,1,5H2,2-3H3. The molecule has 0 amide bonds. The molecule has 78 valence electrons. The molecular formula is C10H11BrN4. The minimum Gasteiger partial charge on any atom is -0.232 e. The van der Waals surface area contributed by atoms with Gasteiger partial charge in [-0.3, -0.25) is 0 Å². The summed E-state index contributed by atoms with van der Waals surface area (Å²) in [7, 11) is 0. The summed E-state index contributed by atoms with van der Waals surface area (Å²) >= 11 is 3.42. The van der Waals surface area contributed by atoms with Gasteiger partial charge in [-0.25, -0.2) is 4.98 Å². The Balaban J connectivity index is 2.56. The van der Waals surface area contributed by atoms with E-state index in [1.165, 1.54) is 0 Å². The summed E-state index contributed by atoms with van der Waals surface area (Å²) in [4.78, 5) is 5.82. The lowest BCUT2D eigenvalue weighted by molar-refractivity contribution is 0.593. The molecule has 0 unspecified atom stereocenters. The zero-order chi connectivity index (χ0) is 11.0. The maximum Gasteiger partial charge on any atom is 0.202 e. The summed E-state index contributed by atoms with van der Waals surface area (Å²) in [5.41, 5.74) is 3.60. The van der Waals surface area contributed by atoms with Crippen LogP contribution in [0.25, 0.3) is 11.2 Å². The summed E-state index contributed by atoms with van der Waals surface area (Å²) in [6.45, 7) is 8.40. The van der Waals surface area contributed by atoms with Gasteiger partial charge in [-0.1, -0.05) is 12.2 Å². The van der Waals surface area contributed by atoms with E-state index >= 15 is 0 Å². The lowest BCUT2D eigenvalue weighted by atomic mass is 10.3. The molecule has 0 N–H and O–H groups in total. The second kappa shape index (κ2) is 3.73. The van der Waals surface area contributed by atoms with Crippen molar-refractivity contribution in [2.45, 2.75) is 20.4 Å². The van der Waals surface area contributed by atoms with Gasteiger partial charge in [0.2, 0.25) is 5.65 Å². The van der Waals surface area contributed by atoms with Gasteiger partial charge in [0.25, 0.3) is 0 Å². The van der Waals surface area contributed by atoms with Crippen molar-refractivity contribution in [1.29, 1.82) is 0 Å². The molecule has 0 aliphatic rings. The van der Waals surface area contributed by atoms with Crippen LogP contribution in [0.2, 0.25) is 0 Å². The lowest BCUT2D eigenvalue weighted by Gasteiger charge is -1.95. The normalized spacial score (nSPS) is 10.9. The predicted molar refractivity (Wildman–Crippen MR) is 62.6 cm³/mol. The largest absolute Gasteiger partial charge is 0.232 e. The van der Waals surface area contributed by atoms with Gasteiger partial charge in [0, 0.05) is 10.7 Å².